The molecule has 2 rings (SSSR count). The van der Waals surface area contributed by atoms with Crippen LogP contribution < -0.4 is 5.73 Å². The Morgan fingerprint density at radius 3 is 2.69 bits per heavy atom. The van der Waals surface area contributed by atoms with Gasteiger partial charge >= 0.3 is 0 Å². The number of nitrogens with two attached hydrogens (primary N) is 1. The van der Waals surface area contributed by atoms with Gasteiger partial charge in [-0.15, -0.1) is 11.3 Å². The number of hydrogen-bond donors (Lipinski definition) is 1. The average molecular weight is 260 g/mol. The first-order valence-electron chi connectivity index (χ1n) is 5.21. The highest BCUT2D eigenvalue weighted by molar-refractivity contribution is 7.91. The van der Waals surface area contributed by atoms with E-state index < -0.39 is 10.0 Å². The Bertz CT molecular complexity index is 481. The van der Waals surface area contributed by atoms with E-state index in [1.54, 1.807) is 12.4 Å². The molecule has 1 aliphatic rings. The molecule has 0 amide bonds. The van der Waals surface area contributed by atoms with Gasteiger partial charge in [-0.05, 0) is 24.3 Å². The zero-order valence-corrected chi connectivity index (χ0v) is 11.0. The van der Waals surface area contributed by atoms with Crippen molar-refractivity contribution in [1.82, 2.24) is 4.31 Å². The maximum absolute atomic E-state index is 12.1. The van der Waals surface area contributed by atoms with Crippen LogP contribution in [0.2, 0.25) is 0 Å². The smallest absolute Gasteiger partial charge is 0.252 e. The molecule has 2 atom stereocenters. The molecule has 2 unspecified atom stereocenters. The number of sulfonamides is 1. The fraction of sp³-hybridized carbons (Fsp3) is 0.600. The lowest BCUT2D eigenvalue weighted by Gasteiger charge is -2.15. The van der Waals surface area contributed by atoms with Crippen LogP contribution in [0, 0.1) is 11.8 Å². The van der Waals surface area contributed by atoms with Crippen LogP contribution in [-0.4, -0.2) is 26.3 Å². The fourth-order valence-corrected chi connectivity index (χ4v) is 4.22. The van der Waals surface area contributed by atoms with Crippen LogP contribution in [0.1, 0.15) is 13.3 Å². The number of thiophene rings is 1. The van der Waals surface area contributed by atoms with Gasteiger partial charge in [0, 0.05) is 24.7 Å². The second kappa shape index (κ2) is 4.01. The maximum Gasteiger partial charge on any atom is 0.252 e. The van der Waals surface area contributed by atoms with Gasteiger partial charge < -0.3 is 5.73 Å². The van der Waals surface area contributed by atoms with E-state index in [2.05, 4.69) is 6.92 Å². The first-order chi connectivity index (χ1) is 7.41. The lowest BCUT2D eigenvalue weighted by molar-refractivity contribution is 0.446. The van der Waals surface area contributed by atoms with Crippen molar-refractivity contribution in [2.75, 3.05) is 19.3 Å². The van der Waals surface area contributed by atoms with Crippen LogP contribution in [0.4, 0.5) is 5.69 Å². The molecule has 1 heterocycles. The van der Waals surface area contributed by atoms with Crippen molar-refractivity contribution < 1.29 is 8.42 Å². The summed E-state index contributed by atoms with van der Waals surface area (Å²) in [5.41, 5.74) is 6.05. The maximum atomic E-state index is 12.1. The lowest BCUT2D eigenvalue weighted by Crippen LogP contribution is -2.28. The Morgan fingerprint density at radius 1 is 1.62 bits per heavy atom. The van der Waals surface area contributed by atoms with E-state index in [-0.39, 0.29) is 0 Å². The van der Waals surface area contributed by atoms with Crippen LogP contribution in [0.3, 0.4) is 0 Å². The third kappa shape index (κ3) is 2.23. The highest BCUT2D eigenvalue weighted by atomic mass is 32.2. The summed E-state index contributed by atoms with van der Waals surface area (Å²) in [6.45, 7) is 2.76. The third-order valence-electron chi connectivity index (χ3n) is 3.03. The summed E-state index contributed by atoms with van der Waals surface area (Å²) in [6.07, 6.45) is 1.13. The van der Waals surface area contributed by atoms with Crippen molar-refractivity contribution in [3.8, 4) is 0 Å². The molecule has 1 aliphatic carbocycles. The van der Waals surface area contributed by atoms with Gasteiger partial charge in [0.1, 0.15) is 4.21 Å². The summed E-state index contributed by atoms with van der Waals surface area (Å²) in [4.78, 5) is 0. The van der Waals surface area contributed by atoms with Crippen LogP contribution in [0.15, 0.2) is 15.7 Å². The minimum absolute atomic E-state index is 0.334. The largest absolute Gasteiger partial charge is 0.398 e. The molecule has 4 nitrogen and oxygen atoms in total. The number of nitrogen functional groups attached to an aromatic ring is 1. The van der Waals surface area contributed by atoms with Gasteiger partial charge in [0.2, 0.25) is 0 Å². The molecule has 0 saturated heterocycles. The van der Waals surface area contributed by atoms with E-state index in [0.717, 1.165) is 6.42 Å². The van der Waals surface area contributed by atoms with Crippen molar-refractivity contribution in [3.63, 3.8) is 0 Å². The number of rotatable bonds is 4. The fourth-order valence-electron chi connectivity index (χ4n) is 1.70. The molecule has 0 aromatic carbocycles. The molecule has 0 radical (unpaired) electrons. The number of hydrogen-bond acceptors (Lipinski definition) is 4. The Balaban J connectivity index is 2.12. The quantitative estimate of drug-likeness (QED) is 0.894. The Hall–Kier alpha value is -0.590. The molecule has 90 valence electrons. The van der Waals surface area contributed by atoms with Crippen molar-refractivity contribution in [3.05, 3.63) is 11.4 Å². The second-order valence-corrected chi connectivity index (χ2v) is 7.64. The van der Waals surface area contributed by atoms with Crippen LogP contribution in [0.5, 0.6) is 0 Å². The van der Waals surface area contributed by atoms with Gasteiger partial charge in [0.05, 0.1) is 0 Å². The highest BCUT2D eigenvalue weighted by Crippen LogP contribution is 2.39. The molecular formula is C10H16N2O2S2. The summed E-state index contributed by atoms with van der Waals surface area (Å²) < 4.78 is 26.0. The van der Waals surface area contributed by atoms with Crippen LogP contribution >= 0.6 is 11.3 Å². The molecule has 16 heavy (non-hydrogen) atoms. The predicted octanol–water partition coefficient (Wildman–Crippen LogP) is 1.61. The molecule has 0 spiro atoms. The molecule has 0 aliphatic heterocycles. The van der Waals surface area contributed by atoms with E-state index in [1.165, 1.54) is 21.7 Å². The van der Waals surface area contributed by atoms with Crippen molar-refractivity contribution in [2.45, 2.75) is 17.6 Å². The standard InChI is InChI=1S/C10H16N2O2S2/c1-7-3-8(7)5-12(2)16(13,14)10-4-9(11)6-15-10/h4,6-8H,3,5,11H2,1-2H3. The monoisotopic (exact) mass is 260 g/mol. The van der Waals surface area contributed by atoms with Gasteiger partial charge in [-0.1, -0.05) is 6.92 Å². The molecule has 6 heteroatoms. The molecule has 1 fully saturated rings. The Labute approximate surface area is 100 Å². The molecule has 0 bridgehead atoms. The number of anilines is 1. The SMILES string of the molecule is CC1CC1CN(C)S(=O)(=O)c1cc(N)cs1. The topological polar surface area (TPSA) is 63.4 Å². The highest BCUT2D eigenvalue weighted by Gasteiger charge is 2.36. The minimum atomic E-state index is -3.32. The molecule has 1 saturated carbocycles. The lowest BCUT2D eigenvalue weighted by atomic mass is 10.3. The van der Waals surface area contributed by atoms with E-state index in [0.29, 0.717) is 28.3 Å². The van der Waals surface area contributed by atoms with Crippen LogP contribution in [0.25, 0.3) is 0 Å². The Morgan fingerprint density at radius 2 is 2.25 bits per heavy atom. The first kappa shape index (κ1) is 11.9. The zero-order valence-electron chi connectivity index (χ0n) is 9.38. The molecule has 1 aromatic rings. The third-order valence-corrected chi connectivity index (χ3v) is 6.28. The van der Waals surface area contributed by atoms with E-state index in [4.69, 9.17) is 5.73 Å². The predicted molar refractivity (Wildman–Crippen MR) is 65.8 cm³/mol. The van der Waals surface area contributed by atoms with Gasteiger partial charge in [-0.2, -0.15) is 4.31 Å². The summed E-state index contributed by atoms with van der Waals surface area (Å²) in [5, 5.41) is 1.65. The van der Waals surface area contributed by atoms with Crippen LogP contribution in [-0.2, 0) is 10.0 Å². The van der Waals surface area contributed by atoms with Crippen molar-refractivity contribution in [1.29, 1.82) is 0 Å². The van der Waals surface area contributed by atoms with E-state index in [1.807, 2.05) is 0 Å². The molecular weight excluding hydrogens is 244 g/mol. The summed E-state index contributed by atoms with van der Waals surface area (Å²) >= 11 is 1.18. The summed E-state index contributed by atoms with van der Waals surface area (Å²) in [7, 11) is -1.69. The zero-order chi connectivity index (χ0) is 11.9. The minimum Gasteiger partial charge on any atom is -0.398 e. The average Bonchev–Trinajstić information content (AvgIpc) is 2.72. The molecule has 2 N–H and O–H groups in total. The number of nitrogens with zero attached hydrogens (tertiary/aromatic N) is 1. The summed E-state index contributed by atoms with van der Waals surface area (Å²) in [5.74, 6) is 1.18. The summed E-state index contributed by atoms with van der Waals surface area (Å²) in [6, 6.07) is 1.52. The second-order valence-electron chi connectivity index (χ2n) is 4.46. The van der Waals surface area contributed by atoms with Crippen molar-refractivity contribution in [2.24, 2.45) is 11.8 Å². The van der Waals surface area contributed by atoms with Gasteiger partial charge in [0.25, 0.3) is 10.0 Å². The first-order valence-corrected chi connectivity index (χ1v) is 7.53. The van der Waals surface area contributed by atoms with Gasteiger partial charge in [-0.3, -0.25) is 0 Å². The van der Waals surface area contributed by atoms with E-state index in [9.17, 15) is 8.42 Å². The Kier molecular flexibility index (Phi) is 2.98. The van der Waals surface area contributed by atoms with Gasteiger partial charge in [0.15, 0.2) is 0 Å². The normalized spacial score (nSPS) is 24.9. The van der Waals surface area contributed by atoms with E-state index >= 15 is 0 Å². The van der Waals surface area contributed by atoms with Gasteiger partial charge in [-0.25, -0.2) is 8.42 Å². The molecule has 1 aromatic heterocycles. The van der Waals surface area contributed by atoms with Crippen molar-refractivity contribution >= 4 is 27.0 Å².